The fraction of sp³-hybridized carbons (Fsp3) is 0.111. The molecule has 2 aromatic carbocycles. The largest absolute Gasteiger partial charge is 0.346 e. The number of rotatable bonds is 6. The molecule has 0 aliphatic heterocycles. The van der Waals surface area contributed by atoms with Crippen molar-refractivity contribution in [1.29, 1.82) is 0 Å². The number of hydrogen-bond donors (Lipinski definition) is 1. The van der Waals surface area contributed by atoms with Crippen molar-refractivity contribution in [1.82, 2.24) is 10.3 Å². The van der Waals surface area contributed by atoms with E-state index in [0.29, 0.717) is 28.8 Å². The molecule has 1 amide bonds. The number of amides is 1. The van der Waals surface area contributed by atoms with Gasteiger partial charge in [-0.1, -0.05) is 42.1 Å². The first kappa shape index (κ1) is 17.6. The van der Waals surface area contributed by atoms with Crippen molar-refractivity contribution >= 4 is 29.0 Å². The van der Waals surface area contributed by atoms with Crippen molar-refractivity contribution in [3.05, 3.63) is 71.2 Å². The van der Waals surface area contributed by atoms with E-state index in [-0.39, 0.29) is 5.91 Å². The number of thiazole rings is 1. The maximum Gasteiger partial charge on any atom is 0.288 e. The Balaban J connectivity index is 1.58. The molecular formula is C18H14F2N2OS2. The Hall–Kier alpha value is -2.25. The molecule has 1 N–H and O–H groups in total. The Labute approximate surface area is 152 Å². The molecule has 1 aromatic heterocycles. The number of nitrogens with one attached hydrogen (secondary N) is 1. The lowest BCUT2D eigenvalue weighted by Gasteiger charge is -2.05. The van der Waals surface area contributed by atoms with Crippen LogP contribution < -0.4 is 5.32 Å². The van der Waals surface area contributed by atoms with Gasteiger partial charge in [-0.15, -0.1) is 11.3 Å². The van der Waals surface area contributed by atoms with Crippen molar-refractivity contribution in [2.24, 2.45) is 0 Å². The van der Waals surface area contributed by atoms with Crippen molar-refractivity contribution < 1.29 is 13.6 Å². The van der Waals surface area contributed by atoms with Crippen LogP contribution in [0.3, 0.4) is 0 Å². The minimum Gasteiger partial charge on any atom is -0.346 e. The molecular weight excluding hydrogens is 362 g/mol. The van der Waals surface area contributed by atoms with Crippen LogP contribution in [-0.4, -0.2) is 16.6 Å². The number of alkyl halides is 2. The summed E-state index contributed by atoms with van der Waals surface area (Å²) in [7, 11) is 0. The summed E-state index contributed by atoms with van der Waals surface area (Å²) in [6.07, 6.45) is 0. The summed E-state index contributed by atoms with van der Waals surface area (Å²) in [5.74, 6) is -2.73. The van der Waals surface area contributed by atoms with Crippen molar-refractivity contribution in [2.45, 2.75) is 17.2 Å². The van der Waals surface area contributed by atoms with E-state index in [1.807, 2.05) is 35.7 Å². The third-order valence-corrected chi connectivity index (χ3v) is 5.01. The van der Waals surface area contributed by atoms with Gasteiger partial charge in [-0.05, 0) is 24.3 Å². The fourth-order valence-corrected chi connectivity index (χ4v) is 3.49. The Kier molecular flexibility index (Phi) is 5.78. The minimum atomic E-state index is -2.47. The second-order valence-electron chi connectivity index (χ2n) is 5.10. The van der Waals surface area contributed by atoms with Gasteiger partial charge in [0.25, 0.3) is 11.7 Å². The Morgan fingerprint density at radius 1 is 1.12 bits per heavy atom. The molecule has 0 fully saturated rings. The SMILES string of the molecule is O=C(NCc1csc(-c2ccccc2)n1)c1ccc(SC(F)F)cc1. The third kappa shape index (κ3) is 4.87. The Morgan fingerprint density at radius 2 is 1.84 bits per heavy atom. The lowest BCUT2D eigenvalue weighted by Crippen LogP contribution is -2.22. The summed E-state index contributed by atoms with van der Waals surface area (Å²) in [5, 5.41) is 5.60. The molecule has 25 heavy (non-hydrogen) atoms. The van der Waals surface area contributed by atoms with Crippen LogP contribution in [0.1, 0.15) is 16.1 Å². The quantitative estimate of drug-likeness (QED) is 0.612. The first-order valence-electron chi connectivity index (χ1n) is 7.45. The highest BCUT2D eigenvalue weighted by Crippen LogP contribution is 2.25. The molecule has 0 spiro atoms. The molecule has 0 aliphatic carbocycles. The normalized spacial score (nSPS) is 10.8. The van der Waals surface area contributed by atoms with Crippen LogP contribution in [0.2, 0.25) is 0 Å². The van der Waals surface area contributed by atoms with E-state index in [4.69, 9.17) is 0 Å². The van der Waals surface area contributed by atoms with Gasteiger partial charge in [0, 0.05) is 21.4 Å². The van der Waals surface area contributed by atoms with Crippen molar-refractivity contribution in [3.8, 4) is 10.6 Å². The highest BCUT2D eigenvalue weighted by Gasteiger charge is 2.10. The van der Waals surface area contributed by atoms with Crippen LogP contribution in [0.15, 0.2) is 64.9 Å². The summed E-state index contributed by atoms with van der Waals surface area (Å²) in [6, 6.07) is 15.9. The molecule has 3 aromatic rings. The number of aromatic nitrogens is 1. The smallest absolute Gasteiger partial charge is 0.288 e. The predicted octanol–water partition coefficient (Wildman–Crippen LogP) is 5.05. The summed E-state index contributed by atoms with van der Waals surface area (Å²) < 4.78 is 24.6. The zero-order chi connectivity index (χ0) is 17.6. The van der Waals surface area contributed by atoms with Gasteiger partial charge in [-0.25, -0.2) is 4.98 Å². The minimum absolute atomic E-state index is 0.261. The molecule has 0 atom stereocenters. The van der Waals surface area contributed by atoms with Crippen molar-refractivity contribution in [3.63, 3.8) is 0 Å². The number of hydrogen-bond acceptors (Lipinski definition) is 4. The second-order valence-corrected chi connectivity index (χ2v) is 7.02. The van der Waals surface area contributed by atoms with E-state index >= 15 is 0 Å². The summed E-state index contributed by atoms with van der Waals surface area (Å²) >= 11 is 1.98. The van der Waals surface area contributed by atoms with Crippen LogP contribution in [0.4, 0.5) is 8.78 Å². The number of thioether (sulfide) groups is 1. The maximum absolute atomic E-state index is 12.3. The molecule has 0 saturated carbocycles. The lowest BCUT2D eigenvalue weighted by molar-refractivity contribution is 0.0950. The predicted molar refractivity (Wildman–Crippen MR) is 97.0 cm³/mol. The van der Waals surface area contributed by atoms with Gasteiger partial charge in [0.05, 0.1) is 12.2 Å². The molecule has 3 nitrogen and oxygen atoms in total. The number of carbonyl (C=O) groups is 1. The Morgan fingerprint density at radius 3 is 2.52 bits per heavy atom. The highest BCUT2D eigenvalue weighted by atomic mass is 32.2. The first-order chi connectivity index (χ1) is 12.1. The van der Waals surface area contributed by atoms with E-state index in [0.717, 1.165) is 16.3 Å². The Bertz CT molecular complexity index is 836. The average molecular weight is 376 g/mol. The number of carbonyl (C=O) groups excluding carboxylic acids is 1. The molecule has 0 aliphatic rings. The number of nitrogens with zero attached hydrogens (tertiary/aromatic N) is 1. The molecule has 3 rings (SSSR count). The van der Waals surface area contributed by atoms with E-state index in [1.54, 1.807) is 0 Å². The molecule has 0 bridgehead atoms. The second kappa shape index (κ2) is 8.22. The first-order valence-corrected chi connectivity index (χ1v) is 9.20. The zero-order valence-corrected chi connectivity index (χ0v) is 14.6. The van der Waals surface area contributed by atoms with Crippen molar-refractivity contribution in [2.75, 3.05) is 0 Å². The number of halogens is 2. The van der Waals surface area contributed by atoms with Gasteiger partial charge in [-0.3, -0.25) is 4.79 Å². The molecule has 0 radical (unpaired) electrons. The fourth-order valence-electron chi connectivity index (χ4n) is 2.16. The lowest BCUT2D eigenvalue weighted by atomic mass is 10.2. The molecule has 1 heterocycles. The van der Waals surface area contributed by atoms with Crippen LogP contribution in [-0.2, 0) is 6.54 Å². The van der Waals surface area contributed by atoms with Crippen LogP contribution in [0.25, 0.3) is 10.6 Å². The van der Waals surface area contributed by atoms with Gasteiger partial charge in [0.15, 0.2) is 0 Å². The number of benzene rings is 2. The van der Waals surface area contributed by atoms with E-state index < -0.39 is 5.76 Å². The van der Waals surface area contributed by atoms with Crippen LogP contribution >= 0.6 is 23.1 Å². The molecule has 128 valence electrons. The van der Waals surface area contributed by atoms with Gasteiger partial charge in [0.1, 0.15) is 5.01 Å². The molecule has 7 heteroatoms. The summed E-state index contributed by atoms with van der Waals surface area (Å²) in [5.41, 5.74) is 2.25. The standard InChI is InChI=1S/C18H14F2N2OS2/c19-18(20)25-15-8-6-12(7-9-15)16(23)21-10-14-11-24-17(22-14)13-4-2-1-3-5-13/h1-9,11,18H,10H2,(H,21,23). The van der Waals surface area contributed by atoms with Gasteiger partial charge in [-0.2, -0.15) is 8.78 Å². The zero-order valence-electron chi connectivity index (χ0n) is 13.0. The molecule has 0 saturated heterocycles. The van der Waals surface area contributed by atoms with Gasteiger partial charge >= 0.3 is 0 Å². The summed E-state index contributed by atoms with van der Waals surface area (Å²) in [4.78, 5) is 17.1. The topological polar surface area (TPSA) is 42.0 Å². The van der Waals surface area contributed by atoms with E-state index in [1.165, 1.54) is 35.6 Å². The summed E-state index contributed by atoms with van der Waals surface area (Å²) in [6.45, 7) is 0.315. The van der Waals surface area contributed by atoms with E-state index in [2.05, 4.69) is 10.3 Å². The third-order valence-electron chi connectivity index (χ3n) is 3.34. The monoisotopic (exact) mass is 376 g/mol. The molecule has 0 unspecified atom stereocenters. The average Bonchev–Trinajstić information content (AvgIpc) is 3.10. The van der Waals surface area contributed by atoms with Crippen LogP contribution in [0.5, 0.6) is 0 Å². The van der Waals surface area contributed by atoms with E-state index in [9.17, 15) is 13.6 Å². The highest BCUT2D eigenvalue weighted by molar-refractivity contribution is 7.99. The maximum atomic E-state index is 12.3. The van der Waals surface area contributed by atoms with Gasteiger partial charge in [0.2, 0.25) is 0 Å². The van der Waals surface area contributed by atoms with Crippen LogP contribution in [0, 0.1) is 0 Å². The van der Waals surface area contributed by atoms with Gasteiger partial charge < -0.3 is 5.32 Å².